The minimum absolute atomic E-state index is 0.245. The molecule has 1 atom stereocenters. The number of anilines is 5. The predicted octanol–water partition coefficient (Wildman–Crippen LogP) is 6.52. The van der Waals surface area contributed by atoms with Crippen LogP contribution in [0.15, 0.2) is 72.9 Å². The van der Waals surface area contributed by atoms with Gasteiger partial charge in [0.15, 0.2) is 5.82 Å². The van der Waals surface area contributed by atoms with Crippen molar-refractivity contribution in [2.75, 3.05) is 48.8 Å². The minimum Gasteiger partial charge on any atom is -0.484 e. The Morgan fingerprint density at radius 3 is 2.48 bits per heavy atom. The van der Waals surface area contributed by atoms with Crippen molar-refractivity contribution in [3.05, 3.63) is 94.9 Å². The highest BCUT2D eigenvalue weighted by Crippen LogP contribution is 2.33. The van der Waals surface area contributed by atoms with Crippen LogP contribution in [-0.2, 0) is 0 Å². The second kappa shape index (κ2) is 12.2. The van der Waals surface area contributed by atoms with Gasteiger partial charge < -0.3 is 25.2 Å². The molecular weight excluding hydrogens is 529 g/mol. The molecule has 1 aliphatic rings. The van der Waals surface area contributed by atoms with Crippen LogP contribution in [0.1, 0.15) is 24.2 Å². The van der Waals surface area contributed by atoms with Crippen molar-refractivity contribution in [2.24, 2.45) is 0 Å². The van der Waals surface area contributed by atoms with Crippen LogP contribution in [0.25, 0.3) is 0 Å². The highest BCUT2D eigenvalue weighted by atomic mass is 35.5. The number of hydrogen-bond acceptors (Lipinski definition) is 8. The second-order valence-corrected chi connectivity index (χ2v) is 9.96. The van der Waals surface area contributed by atoms with Gasteiger partial charge in [0.25, 0.3) is 0 Å². The molecule has 1 fully saturated rings. The third-order valence-corrected chi connectivity index (χ3v) is 7.05. The highest BCUT2D eigenvalue weighted by Gasteiger charge is 2.18. The van der Waals surface area contributed by atoms with Crippen LogP contribution in [0.5, 0.6) is 5.75 Å². The summed E-state index contributed by atoms with van der Waals surface area (Å²) in [5.41, 5.74) is 3.10. The van der Waals surface area contributed by atoms with E-state index in [9.17, 15) is 9.65 Å². The van der Waals surface area contributed by atoms with Crippen LogP contribution in [-0.4, -0.2) is 48.1 Å². The first-order chi connectivity index (χ1) is 19.4. The van der Waals surface area contributed by atoms with Gasteiger partial charge in [-0.15, -0.1) is 0 Å². The molecule has 1 aromatic heterocycles. The third kappa shape index (κ3) is 6.25. The van der Waals surface area contributed by atoms with Crippen molar-refractivity contribution < 1.29 is 9.13 Å². The Morgan fingerprint density at radius 1 is 1.00 bits per heavy atom. The number of nitriles is 1. The standard InChI is InChI=1S/C30H29ClFN7O/c1-20(23-6-3-4-7-26(23)32)40-28-9-5-8-27(24(28)18-33)36-29-25(31)19-34-30(37-29)35-21-10-12-22(13-11-21)39-16-14-38(2)15-17-39/h3-13,19-20H,14-17H2,1-2H3,(H2,34,35,36,37)/t20-/m1/s1. The zero-order chi connectivity index (χ0) is 28.1. The van der Waals surface area contributed by atoms with Gasteiger partial charge in [-0.25, -0.2) is 9.37 Å². The van der Waals surface area contributed by atoms with E-state index < -0.39 is 6.10 Å². The molecule has 0 bridgehead atoms. The lowest BCUT2D eigenvalue weighted by Crippen LogP contribution is -2.44. The van der Waals surface area contributed by atoms with E-state index in [1.807, 2.05) is 12.1 Å². The first-order valence-corrected chi connectivity index (χ1v) is 13.3. The van der Waals surface area contributed by atoms with Gasteiger partial charge >= 0.3 is 0 Å². The number of ether oxygens (including phenoxy) is 1. The molecule has 8 nitrogen and oxygen atoms in total. The fourth-order valence-electron chi connectivity index (χ4n) is 4.50. The second-order valence-electron chi connectivity index (χ2n) is 9.55. The molecule has 2 N–H and O–H groups in total. The molecule has 5 rings (SSSR count). The third-order valence-electron chi connectivity index (χ3n) is 6.77. The van der Waals surface area contributed by atoms with E-state index in [4.69, 9.17) is 16.3 Å². The van der Waals surface area contributed by atoms with E-state index in [-0.39, 0.29) is 16.4 Å². The van der Waals surface area contributed by atoms with Gasteiger partial charge in [-0.1, -0.05) is 35.9 Å². The average molecular weight is 558 g/mol. The van der Waals surface area contributed by atoms with Gasteiger partial charge in [0.1, 0.15) is 34.3 Å². The lowest BCUT2D eigenvalue weighted by Gasteiger charge is -2.34. The van der Waals surface area contributed by atoms with Crippen LogP contribution in [0.4, 0.5) is 33.2 Å². The van der Waals surface area contributed by atoms with Crippen LogP contribution < -0.4 is 20.3 Å². The predicted molar refractivity (Wildman–Crippen MR) is 156 cm³/mol. The van der Waals surface area contributed by atoms with Crippen molar-refractivity contribution in [3.8, 4) is 11.8 Å². The number of nitrogens with one attached hydrogen (secondary N) is 2. The summed E-state index contributed by atoms with van der Waals surface area (Å²) < 4.78 is 20.2. The molecule has 0 radical (unpaired) electrons. The number of hydrogen-bond donors (Lipinski definition) is 2. The number of halogens is 2. The smallest absolute Gasteiger partial charge is 0.229 e. The maximum absolute atomic E-state index is 14.3. The summed E-state index contributed by atoms with van der Waals surface area (Å²) >= 11 is 6.40. The zero-order valence-corrected chi connectivity index (χ0v) is 23.0. The Labute approximate surface area is 238 Å². The largest absolute Gasteiger partial charge is 0.484 e. The molecule has 204 valence electrons. The van der Waals surface area contributed by atoms with Crippen LogP contribution in [0.2, 0.25) is 5.02 Å². The molecule has 1 aliphatic heterocycles. The van der Waals surface area contributed by atoms with E-state index >= 15 is 0 Å². The molecule has 40 heavy (non-hydrogen) atoms. The first kappa shape index (κ1) is 27.2. The normalized spacial score (nSPS) is 14.3. The monoisotopic (exact) mass is 557 g/mol. The van der Waals surface area contributed by atoms with Gasteiger partial charge in [-0.2, -0.15) is 10.2 Å². The molecule has 10 heteroatoms. The van der Waals surface area contributed by atoms with Crippen molar-refractivity contribution in [3.63, 3.8) is 0 Å². The molecule has 3 aromatic carbocycles. The number of benzene rings is 3. The summed E-state index contributed by atoms with van der Waals surface area (Å²) in [6, 6.07) is 21.8. The SMILES string of the molecule is C[C@@H](Oc1cccc(Nc2nc(Nc3ccc(N4CCN(C)CC4)cc3)ncc2Cl)c1C#N)c1ccccc1F. The Kier molecular flexibility index (Phi) is 8.29. The lowest BCUT2D eigenvalue weighted by atomic mass is 10.1. The summed E-state index contributed by atoms with van der Waals surface area (Å²) in [5.74, 6) is 0.610. The number of nitrogens with zero attached hydrogens (tertiary/aromatic N) is 5. The molecule has 0 saturated carbocycles. The summed E-state index contributed by atoms with van der Waals surface area (Å²) in [6.07, 6.45) is 0.884. The summed E-state index contributed by atoms with van der Waals surface area (Å²) in [4.78, 5) is 13.5. The molecular formula is C30H29ClFN7O. The van der Waals surface area contributed by atoms with E-state index in [1.54, 1.807) is 43.3 Å². The molecule has 2 heterocycles. The Morgan fingerprint density at radius 2 is 1.75 bits per heavy atom. The summed E-state index contributed by atoms with van der Waals surface area (Å²) in [6.45, 7) is 5.81. The van der Waals surface area contributed by atoms with Crippen molar-refractivity contribution >= 4 is 40.4 Å². The van der Waals surface area contributed by atoms with Gasteiger partial charge in [-0.3, -0.25) is 0 Å². The number of aromatic nitrogens is 2. The molecule has 4 aromatic rings. The number of rotatable bonds is 8. The number of likely N-dealkylation sites (N-methyl/N-ethyl adjacent to an activating group) is 1. The molecule has 0 unspecified atom stereocenters. The molecule has 0 aliphatic carbocycles. The minimum atomic E-state index is -0.607. The summed E-state index contributed by atoms with van der Waals surface area (Å²) in [7, 11) is 2.14. The van der Waals surface area contributed by atoms with E-state index in [1.165, 1.54) is 18.0 Å². The highest BCUT2D eigenvalue weighted by molar-refractivity contribution is 6.32. The quantitative estimate of drug-likeness (QED) is 0.253. The topological polar surface area (TPSA) is 89.3 Å². The van der Waals surface area contributed by atoms with Gasteiger partial charge in [-0.05, 0) is 56.4 Å². The molecule has 0 amide bonds. The van der Waals surface area contributed by atoms with E-state index in [0.29, 0.717) is 28.8 Å². The van der Waals surface area contributed by atoms with Crippen molar-refractivity contribution in [2.45, 2.75) is 13.0 Å². The number of piperazine rings is 1. The van der Waals surface area contributed by atoms with Crippen molar-refractivity contribution in [1.82, 2.24) is 14.9 Å². The Hall–Kier alpha value is -4.39. The zero-order valence-electron chi connectivity index (χ0n) is 22.2. The summed E-state index contributed by atoms with van der Waals surface area (Å²) in [5, 5.41) is 16.6. The van der Waals surface area contributed by atoms with E-state index in [2.05, 4.69) is 55.7 Å². The molecule has 1 saturated heterocycles. The Bertz CT molecular complexity index is 1520. The maximum Gasteiger partial charge on any atom is 0.229 e. The van der Waals surface area contributed by atoms with Crippen LogP contribution >= 0.6 is 11.6 Å². The molecule has 0 spiro atoms. The van der Waals surface area contributed by atoms with Gasteiger partial charge in [0.2, 0.25) is 5.95 Å². The first-order valence-electron chi connectivity index (χ1n) is 13.0. The van der Waals surface area contributed by atoms with Crippen LogP contribution in [0, 0.1) is 17.1 Å². The maximum atomic E-state index is 14.3. The average Bonchev–Trinajstić information content (AvgIpc) is 2.96. The van der Waals surface area contributed by atoms with Gasteiger partial charge in [0.05, 0.1) is 11.9 Å². The van der Waals surface area contributed by atoms with E-state index in [0.717, 1.165) is 31.9 Å². The lowest BCUT2D eigenvalue weighted by molar-refractivity contribution is 0.221. The fraction of sp³-hybridized carbons (Fsp3) is 0.233. The van der Waals surface area contributed by atoms with Crippen molar-refractivity contribution in [1.29, 1.82) is 5.26 Å². The van der Waals surface area contributed by atoms with Gasteiger partial charge in [0, 0.05) is 43.1 Å². The fourth-order valence-corrected chi connectivity index (χ4v) is 4.64. The Balaban J connectivity index is 1.31. The van der Waals surface area contributed by atoms with Crippen LogP contribution in [0.3, 0.4) is 0 Å².